The highest BCUT2D eigenvalue weighted by atomic mass is 16.2. The van der Waals surface area contributed by atoms with Crippen molar-refractivity contribution in [1.82, 2.24) is 10.3 Å². The fourth-order valence-electron chi connectivity index (χ4n) is 2.24. The Morgan fingerprint density at radius 1 is 1.53 bits per heavy atom. The minimum Gasteiger partial charge on any atom is -0.384 e. The summed E-state index contributed by atoms with van der Waals surface area (Å²) in [5, 5.41) is 2.71. The van der Waals surface area contributed by atoms with Crippen molar-refractivity contribution in [3.63, 3.8) is 0 Å². The molecular formula is C12H18N4O. The normalized spacial score (nSPS) is 20.1. The second-order valence-electron chi connectivity index (χ2n) is 4.24. The maximum absolute atomic E-state index is 11.8. The Morgan fingerprint density at radius 3 is 3.06 bits per heavy atom. The Morgan fingerprint density at radius 2 is 2.35 bits per heavy atom. The monoisotopic (exact) mass is 234 g/mol. The molecule has 0 aromatic carbocycles. The molecule has 0 bridgehead atoms. The number of amides is 1. The first-order valence-corrected chi connectivity index (χ1v) is 5.93. The van der Waals surface area contributed by atoms with Gasteiger partial charge in [-0.2, -0.15) is 0 Å². The summed E-state index contributed by atoms with van der Waals surface area (Å²) < 4.78 is 0. The largest absolute Gasteiger partial charge is 0.384 e. The molecule has 5 nitrogen and oxygen atoms in total. The highest BCUT2D eigenvalue weighted by Gasteiger charge is 2.28. The van der Waals surface area contributed by atoms with Gasteiger partial charge in [0, 0.05) is 13.6 Å². The lowest BCUT2D eigenvalue weighted by Crippen LogP contribution is -2.49. The molecule has 2 heterocycles. The van der Waals surface area contributed by atoms with Gasteiger partial charge in [0.05, 0.1) is 0 Å². The first-order chi connectivity index (χ1) is 8.22. The van der Waals surface area contributed by atoms with Crippen LogP contribution >= 0.6 is 0 Å². The Bertz CT molecular complexity index is 407. The van der Waals surface area contributed by atoms with Crippen LogP contribution in [0.3, 0.4) is 0 Å². The number of hydrogen-bond donors (Lipinski definition) is 2. The molecule has 17 heavy (non-hydrogen) atoms. The topological polar surface area (TPSA) is 71.2 Å². The van der Waals surface area contributed by atoms with Crippen molar-refractivity contribution >= 4 is 17.5 Å². The standard InChI is InChI=1S/C12H18N4O/c1-14-12(17)9-5-2-3-8-16(9)11-7-4-6-10(13)15-11/h4,6-7,9H,2-3,5,8H2,1H3,(H2,13,15)(H,14,17). The van der Waals surface area contributed by atoms with Crippen molar-refractivity contribution in [2.24, 2.45) is 0 Å². The SMILES string of the molecule is CNC(=O)C1CCCCN1c1cccc(N)n1. The molecule has 1 aromatic heterocycles. The number of carbonyl (C=O) groups excluding carboxylic acids is 1. The summed E-state index contributed by atoms with van der Waals surface area (Å²) in [7, 11) is 1.67. The van der Waals surface area contributed by atoms with Gasteiger partial charge in [-0.05, 0) is 31.4 Å². The third kappa shape index (κ3) is 2.49. The lowest BCUT2D eigenvalue weighted by Gasteiger charge is -2.35. The second kappa shape index (κ2) is 5.03. The van der Waals surface area contributed by atoms with Crippen LogP contribution in [0.15, 0.2) is 18.2 Å². The molecule has 0 radical (unpaired) electrons. The predicted molar refractivity (Wildman–Crippen MR) is 67.7 cm³/mol. The second-order valence-corrected chi connectivity index (χ2v) is 4.24. The summed E-state index contributed by atoms with van der Waals surface area (Å²) in [6, 6.07) is 5.40. The van der Waals surface area contributed by atoms with Gasteiger partial charge in [-0.25, -0.2) is 4.98 Å². The summed E-state index contributed by atoms with van der Waals surface area (Å²) in [6.45, 7) is 0.856. The quantitative estimate of drug-likeness (QED) is 0.793. The number of carbonyl (C=O) groups is 1. The van der Waals surface area contributed by atoms with Crippen LogP contribution in [-0.4, -0.2) is 30.5 Å². The summed E-state index contributed by atoms with van der Waals surface area (Å²) in [4.78, 5) is 18.2. The fraction of sp³-hybridized carbons (Fsp3) is 0.500. The highest BCUT2D eigenvalue weighted by Crippen LogP contribution is 2.23. The van der Waals surface area contributed by atoms with Crippen molar-refractivity contribution in [1.29, 1.82) is 0 Å². The van der Waals surface area contributed by atoms with Crippen molar-refractivity contribution in [3.8, 4) is 0 Å². The third-order valence-electron chi connectivity index (χ3n) is 3.10. The summed E-state index contributed by atoms with van der Waals surface area (Å²) >= 11 is 0. The molecule has 3 N–H and O–H groups in total. The van der Waals surface area contributed by atoms with Crippen LogP contribution in [0.4, 0.5) is 11.6 Å². The van der Waals surface area contributed by atoms with Gasteiger partial charge in [0.1, 0.15) is 17.7 Å². The van der Waals surface area contributed by atoms with Gasteiger partial charge in [-0.3, -0.25) is 4.79 Å². The molecule has 1 fully saturated rings. The minimum atomic E-state index is -0.122. The van der Waals surface area contributed by atoms with E-state index in [1.807, 2.05) is 17.0 Å². The number of piperidine rings is 1. The minimum absolute atomic E-state index is 0.0499. The number of anilines is 2. The third-order valence-corrected chi connectivity index (χ3v) is 3.10. The van der Waals surface area contributed by atoms with Gasteiger partial charge in [0.15, 0.2) is 0 Å². The number of nitrogens with two attached hydrogens (primary N) is 1. The van der Waals surface area contributed by atoms with E-state index in [0.29, 0.717) is 5.82 Å². The molecular weight excluding hydrogens is 216 g/mol. The van der Waals surface area contributed by atoms with Crippen molar-refractivity contribution in [2.45, 2.75) is 25.3 Å². The van der Waals surface area contributed by atoms with Crippen LogP contribution in [0.1, 0.15) is 19.3 Å². The van der Waals surface area contributed by atoms with Gasteiger partial charge in [0.25, 0.3) is 0 Å². The summed E-state index contributed by atoms with van der Waals surface area (Å²) in [6.07, 6.45) is 3.04. The maximum atomic E-state index is 11.8. The van der Waals surface area contributed by atoms with Crippen LogP contribution in [0.5, 0.6) is 0 Å². The van der Waals surface area contributed by atoms with Gasteiger partial charge >= 0.3 is 0 Å². The molecule has 0 aliphatic carbocycles. The smallest absolute Gasteiger partial charge is 0.242 e. The van der Waals surface area contributed by atoms with Crippen LogP contribution in [0.25, 0.3) is 0 Å². The Kier molecular flexibility index (Phi) is 3.46. The van der Waals surface area contributed by atoms with Crippen molar-refractivity contribution in [2.75, 3.05) is 24.2 Å². The van der Waals surface area contributed by atoms with E-state index in [0.717, 1.165) is 31.6 Å². The van der Waals surface area contributed by atoms with Gasteiger partial charge in [-0.15, -0.1) is 0 Å². The van der Waals surface area contributed by atoms with Gasteiger partial charge in [0.2, 0.25) is 5.91 Å². The number of rotatable bonds is 2. The number of likely N-dealkylation sites (N-methyl/N-ethyl adjacent to an activating group) is 1. The van der Waals surface area contributed by atoms with E-state index < -0.39 is 0 Å². The maximum Gasteiger partial charge on any atom is 0.242 e. The molecule has 2 rings (SSSR count). The zero-order chi connectivity index (χ0) is 12.3. The first kappa shape index (κ1) is 11.7. The molecule has 1 aromatic rings. The first-order valence-electron chi connectivity index (χ1n) is 5.93. The molecule has 0 saturated carbocycles. The van der Waals surface area contributed by atoms with Crippen LogP contribution in [-0.2, 0) is 4.79 Å². The highest BCUT2D eigenvalue weighted by molar-refractivity contribution is 5.84. The van der Waals surface area contributed by atoms with E-state index in [1.54, 1.807) is 13.1 Å². The summed E-state index contributed by atoms with van der Waals surface area (Å²) in [5.41, 5.74) is 5.68. The zero-order valence-electron chi connectivity index (χ0n) is 10.0. The average Bonchev–Trinajstić information content (AvgIpc) is 2.38. The molecule has 1 aliphatic heterocycles. The Balaban J connectivity index is 2.24. The number of aromatic nitrogens is 1. The molecule has 1 amide bonds. The number of pyridine rings is 1. The number of nitrogen functional groups attached to an aromatic ring is 1. The molecule has 1 unspecified atom stereocenters. The summed E-state index contributed by atoms with van der Waals surface area (Å²) in [5.74, 6) is 1.33. The molecule has 92 valence electrons. The zero-order valence-corrected chi connectivity index (χ0v) is 10.0. The van der Waals surface area contributed by atoms with Crippen LogP contribution in [0.2, 0.25) is 0 Å². The van der Waals surface area contributed by atoms with Crippen LogP contribution in [0, 0.1) is 0 Å². The average molecular weight is 234 g/mol. The van der Waals surface area contributed by atoms with Gasteiger partial charge < -0.3 is 16.0 Å². The molecule has 1 atom stereocenters. The molecule has 5 heteroatoms. The number of nitrogens with zero attached hydrogens (tertiary/aromatic N) is 2. The Hall–Kier alpha value is -1.78. The number of nitrogens with one attached hydrogen (secondary N) is 1. The van der Waals surface area contributed by atoms with E-state index in [4.69, 9.17) is 5.73 Å². The van der Waals surface area contributed by atoms with E-state index in [-0.39, 0.29) is 11.9 Å². The van der Waals surface area contributed by atoms with Crippen molar-refractivity contribution < 1.29 is 4.79 Å². The van der Waals surface area contributed by atoms with E-state index in [9.17, 15) is 4.79 Å². The fourth-order valence-corrected chi connectivity index (χ4v) is 2.24. The van der Waals surface area contributed by atoms with E-state index >= 15 is 0 Å². The predicted octanol–water partition coefficient (Wildman–Crippen LogP) is 0.769. The van der Waals surface area contributed by atoms with Crippen LogP contribution < -0.4 is 16.0 Å². The van der Waals surface area contributed by atoms with E-state index in [2.05, 4.69) is 10.3 Å². The lowest BCUT2D eigenvalue weighted by atomic mass is 10.0. The van der Waals surface area contributed by atoms with Gasteiger partial charge in [-0.1, -0.05) is 6.07 Å². The Labute approximate surface area is 101 Å². The molecule has 0 spiro atoms. The lowest BCUT2D eigenvalue weighted by molar-refractivity contribution is -0.122. The van der Waals surface area contributed by atoms with E-state index in [1.165, 1.54) is 0 Å². The van der Waals surface area contributed by atoms with Crippen molar-refractivity contribution in [3.05, 3.63) is 18.2 Å². The molecule has 1 aliphatic rings. The molecule has 1 saturated heterocycles. The number of hydrogen-bond acceptors (Lipinski definition) is 4.